The van der Waals surface area contributed by atoms with E-state index < -0.39 is 11.9 Å². The summed E-state index contributed by atoms with van der Waals surface area (Å²) in [6.07, 6.45) is 0.754. The number of carbonyl (C=O) groups is 2. The summed E-state index contributed by atoms with van der Waals surface area (Å²) in [7, 11) is 0. The lowest BCUT2D eigenvalue weighted by Crippen LogP contribution is -2.42. The third-order valence-electron chi connectivity index (χ3n) is 1.99. The van der Waals surface area contributed by atoms with Crippen LogP contribution in [-0.2, 0) is 16.0 Å². The van der Waals surface area contributed by atoms with E-state index in [1.807, 2.05) is 0 Å². The highest BCUT2D eigenvalue weighted by atomic mass is 16.3. The number of nitrogens with one attached hydrogen (secondary N) is 1. The molecule has 1 aromatic rings. The van der Waals surface area contributed by atoms with Crippen molar-refractivity contribution < 1.29 is 14.7 Å². The summed E-state index contributed by atoms with van der Waals surface area (Å²) in [5.74, 6) is -0.437. The van der Waals surface area contributed by atoms with Crippen LogP contribution in [0, 0.1) is 0 Å². The number of phenols is 1. The molecule has 5 nitrogen and oxygen atoms in total. The van der Waals surface area contributed by atoms with Gasteiger partial charge in [-0.25, -0.2) is 0 Å². The number of hydrogen-bond acceptors (Lipinski definition) is 3. The van der Waals surface area contributed by atoms with Gasteiger partial charge < -0.3 is 16.2 Å². The van der Waals surface area contributed by atoms with Gasteiger partial charge in [0.1, 0.15) is 11.8 Å². The summed E-state index contributed by atoms with van der Waals surface area (Å²) in [6, 6.07) is 5.63. The first-order valence-corrected chi connectivity index (χ1v) is 4.40. The van der Waals surface area contributed by atoms with Crippen molar-refractivity contribution in [3.05, 3.63) is 29.8 Å². The molecular weight excluding hydrogens is 196 g/mol. The number of amides is 2. The quantitative estimate of drug-likeness (QED) is 0.571. The molecule has 4 N–H and O–H groups in total. The summed E-state index contributed by atoms with van der Waals surface area (Å²) in [5.41, 5.74) is 5.90. The van der Waals surface area contributed by atoms with Gasteiger partial charge >= 0.3 is 0 Å². The Labute approximate surface area is 86.9 Å². The summed E-state index contributed by atoms with van der Waals surface area (Å²) >= 11 is 0. The first kappa shape index (κ1) is 11.0. The second-order valence-corrected chi connectivity index (χ2v) is 3.11. The molecule has 0 spiro atoms. The van der Waals surface area contributed by atoms with Crippen LogP contribution >= 0.6 is 0 Å². The number of rotatable bonds is 5. The van der Waals surface area contributed by atoms with Crippen LogP contribution < -0.4 is 11.1 Å². The first-order valence-electron chi connectivity index (χ1n) is 4.40. The Bertz CT molecular complexity index is 348. The van der Waals surface area contributed by atoms with Gasteiger partial charge in [0.15, 0.2) is 0 Å². The highest BCUT2D eigenvalue weighted by Gasteiger charge is 2.14. The number of hydrogen-bond donors (Lipinski definition) is 3. The maximum Gasteiger partial charge on any atom is 0.240 e. The van der Waals surface area contributed by atoms with Crippen LogP contribution in [0.1, 0.15) is 5.56 Å². The topological polar surface area (TPSA) is 92.4 Å². The fourth-order valence-corrected chi connectivity index (χ4v) is 1.19. The summed E-state index contributed by atoms with van der Waals surface area (Å²) in [5, 5.41) is 11.4. The SMILES string of the molecule is NC(=O)[C@H](Cc1ccc(O)cc1)NC=O. The Kier molecular flexibility index (Phi) is 3.68. The van der Waals surface area contributed by atoms with Crippen molar-refractivity contribution in [3.8, 4) is 5.75 Å². The molecule has 0 aliphatic carbocycles. The van der Waals surface area contributed by atoms with Gasteiger partial charge in [-0.15, -0.1) is 0 Å². The van der Waals surface area contributed by atoms with E-state index in [4.69, 9.17) is 10.8 Å². The Morgan fingerprint density at radius 1 is 1.47 bits per heavy atom. The molecule has 0 heterocycles. The largest absolute Gasteiger partial charge is 0.508 e. The normalized spacial score (nSPS) is 11.7. The molecule has 1 aromatic carbocycles. The van der Waals surface area contributed by atoms with Crippen LogP contribution in [0.4, 0.5) is 0 Å². The van der Waals surface area contributed by atoms with Crippen molar-refractivity contribution in [2.45, 2.75) is 12.5 Å². The summed E-state index contributed by atoms with van der Waals surface area (Å²) < 4.78 is 0. The van der Waals surface area contributed by atoms with Crippen LogP contribution in [0.25, 0.3) is 0 Å². The Balaban J connectivity index is 2.69. The van der Waals surface area contributed by atoms with E-state index in [0.29, 0.717) is 12.8 Å². The van der Waals surface area contributed by atoms with Crippen molar-refractivity contribution in [1.29, 1.82) is 0 Å². The number of nitrogens with two attached hydrogens (primary N) is 1. The van der Waals surface area contributed by atoms with Gasteiger partial charge in [0, 0.05) is 6.42 Å². The van der Waals surface area contributed by atoms with Crippen LogP contribution in [-0.4, -0.2) is 23.5 Å². The van der Waals surface area contributed by atoms with Gasteiger partial charge in [-0.05, 0) is 17.7 Å². The van der Waals surface area contributed by atoms with E-state index in [1.54, 1.807) is 12.1 Å². The van der Waals surface area contributed by atoms with E-state index in [0.717, 1.165) is 5.56 Å². The molecule has 5 heteroatoms. The fourth-order valence-electron chi connectivity index (χ4n) is 1.19. The Morgan fingerprint density at radius 3 is 2.53 bits per heavy atom. The minimum atomic E-state index is -0.716. The maximum atomic E-state index is 10.9. The number of primary amides is 1. The molecular formula is C10H12N2O3. The second kappa shape index (κ2) is 4.99. The lowest BCUT2D eigenvalue weighted by molar-refractivity contribution is -0.122. The van der Waals surface area contributed by atoms with E-state index in [9.17, 15) is 9.59 Å². The third-order valence-corrected chi connectivity index (χ3v) is 1.99. The maximum absolute atomic E-state index is 10.9. The molecule has 1 rings (SSSR count). The lowest BCUT2D eigenvalue weighted by Gasteiger charge is -2.11. The minimum Gasteiger partial charge on any atom is -0.508 e. The van der Waals surface area contributed by atoms with Crippen LogP contribution in [0.15, 0.2) is 24.3 Å². The predicted molar refractivity (Wildman–Crippen MR) is 54.0 cm³/mol. The molecule has 0 aliphatic heterocycles. The monoisotopic (exact) mass is 208 g/mol. The number of carbonyl (C=O) groups excluding carboxylic acids is 2. The van der Waals surface area contributed by atoms with Gasteiger partial charge in [-0.2, -0.15) is 0 Å². The molecule has 0 unspecified atom stereocenters. The highest BCUT2D eigenvalue weighted by Crippen LogP contribution is 2.11. The second-order valence-electron chi connectivity index (χ2n) is 3.11. The van der Waals surface area contributed by atoms with Gasteiger partial charge in [0.25, 0.3) is 0 Å². The van der Waals surface area contributed by atoms with Gasteiger partial charge in [-0.3, -0.25) is 9.59 Å². The zero-order valence-electron chi connectivity index (χ0n) is 8.01. The Hall–Kier alpha value is -2.04. The smallest absolute Gasteiger partial charge is 0.240 e. The van der Waals surface area contributed by atoms with Crippen molar-refractivity contribution in [2.75, 3.05) is 0 Å². The molecule has 1 atom stereocenters. The number of aromatic hydroxyl groups is 1. The lowest BCUT2D eigenvalue weighted by atomic mass is 10.1. The van der Waals surface area contributed by atoms with Crippen molar-refractivity contribution in [3.63, 3.8) is 0 Å². The van der Waals surface area contributed by atoms with Crippen LogP contribution in [0.3, 0.4) is 0 Å². The minimum absolute atomic E-state index is 0.151. The van der Waals surface area contributed by atoms with E-state index >= 15 is 0 Å². The molecule has 0 aliphatic rings. The van der Waals surface area contributed by atoms with Crippen molar-refractivity contribution >= 4 is 12.3 Å². The van der Waals surface area contributed by atoms with Crippen LogP contribution in [0.5, 0.6) is 5.75 Å². The van der Waals surface area contributed by atoms with E-state index in [-0.39, 0.29) is 5.75 Å². The van der Waals surface area contributed by atoms with Crippen molar-refractivity contribution in [2.24, 2.45) is 5.73 Å². The van der Waals surface area contributed by atoms with Gasteiger partial charge in [0.05, 0.1) is 0 Å². The third kappa shape index (κ3) is 3.30. The Morgan fingerprint density at radius 2 is 2.07 bits per heavy atom. The van der Waals surface area contributed by atoms with Crippen molar-refractivity contribution in [1.82, 2.24) is 5.32 Å². The van der Waals surface area contributed by atoms with E-state index in [2.05, 4.69) is 5.32 Å². The average Bonchev–Trinajstić information content (AvgIpc) is 2.20. The molecule has 15 heavy (non-hydrogen) atoms. The van der Waals surface area contributed by atoms with E-state index in [1.165, 1.54) is 12.1 Å². The zero-order chi connectivity index (χ0) is 11.3. The highest BCUT2D eigenvalue weighted by molar-refractivity contribution is 5.82. The zero-order valence-corrected chi connectivity index (χ0v) is 8.01. The summed E-state index contributed by atoms with van der Waals surface area (Å²) in [6.45, 7) is 0. The number of phenolic OH excluding ortho intramolecular Hbond substituents is 1. The van der Waals surface area contributed by atoms with Gasteiger partial charge in [-0.1, -0.05) is 12.1 Å². The molecule has 80 valence electrons. The predicted octanol–water partition coefficient (Wildman–Crippen LogP) is -0.465. The average molecular weight is 208 g/mol. The molecule has 2 amide bonds. The molecule has 0 bridgehead atoms. The van der Waals surface area contributed by atoms with Crippen LogP contribution in [0.2, 0.25) is 0 Å². The fraction of sp³-hybridized carbons (Fsp3) is 0.200. The molecule has 0 saturated heterocycles. The molecule has 0 saturated carbocycles. The molecule has 0 fully saturated rings. The summed E-state index contributed by atoms with van der Waals surface area (Å²) in [4.78, 5) is 21.1. The first-order chi connectivity index (χ1) is 7.13. The number of benzene rings is 1. The molecule has 0 aromatic heterocycles. The van der Waals surface area contributed by atoms with Gasteiger partial charge in [0.2, 0.25) is 12.3 Å². The molecule has 0 radical (unpaired) electrons. The standard InChI is InChI=1S/C10H12N2O3/c11-10(15)9(12-6-13)5-7-1-3-8(14)4-2-7/h1-4,6,9,14H,5H2,(H2,11,15)(H,12,13)/t9-/m0/s1.